The number of nitrogens with zero attached hydrogens (tertiary/aromatic N) is 6. The van der Waals surface area contributed by atoms with Gasteiger partial charge in [-0.2, -0.15) is 5.10 Å². The Morgan fingerprint density at radius 2 is 1.72 bits per heavy atom. The maximum Gasteiger partial charge on any atom is 0.253 e. The van der Waals surface area contributed by atoms with E-state index in [-0.39, 0.29) is 11.8 Å². The average Bonchev–Trinajstić information content (AvgIpc) is 3.63. The highest BCUT2D eigenvalue weighted by Crippen LogP contribution is 2.44. The zero-order valence-corrected chi connectivity index (χ0v) is 24.7. The van der Waals surface area contributed by atoms with Gasteiger partial charge in [-0.1, -0.05) is 41.7 Å². The molecular formula is C33H31N7O2S. The van der Waals surface area contributed by atoms with E-state index in [2.05, 4.69) is 39.5 Å². The van der Waals surface area contributed by atoms with Gasteiger partial charge in [0.25, 0.3) is 5.91 Å². The third kappa shape index (κ3) is 5.47. The Balaban J connectivity index is 1.15. The summed E-state index contributed by atoms with van der Waals surface area (Å²) in [4.78, 5) is 39.5. The number of carbonyl (C=O) groups is 2. The van der Waals surface area contributed by atoms with E-state index in [4.69, 9.17) is 10.1 Å². The number of hydrogen-bond acceptors (Lipinski definition) is 7. The van der Waals surface area contributed by atoms with Gasteiger partial charge in [-0.3, -0.25) is 19.5 Å². The molecule has 43 heavy (non-hydrogen) atoms. The van der Waals surface area contributed by atoms with Crippen molar-refractivity contribution in [1.82, 2.24) is 29.5 Å². The number of carbonyl (C=O) groups excluding carboxylic acids is 2. The summed E-state index contributed by atoms with van der Waals surface area (Å²) in [5.41, 5.74) is 7.72. The molecule has 0 bridgehead atoms. The van der Waals surface area contributed by atoms with Crippen LogP contribution in [0.25, 0.3) is 27.5 Å². The van der Waals surface area contributed by atoms with Crippen LogP contribution in [0.4, 0.5) is 5.13 Å². The summed E-state index contributed by atoms with van der Waals surface area (Å²) in [5.74, 6) is -0.0945. The minimum absolute atomic E-state index is 0.0501. The molecule has 1 saturated heterocycles. The fourth-order valence-corrected chi connectivity index (χ4v) is 6.99. The van der Waals surface area contributed by atoms with Crippen LogP contribution in [0.15, 0.2) is 79.1 Å². The number of thiazole rings is 1. The molecule has 0 saturated carbocycles. The molecule has 5 aromatic rings. The lowest BCUT2D eigenvalue weighted by Gasteiger charge is -2.34. The lowest BCUT2D eigenvalue weighted by atomic mass is 9.95. The number of pyridine rings is 1. The summed E-state index contributed by atoms with van der Waals surface area (Å²) < 4.78 is 1.95. The van der Waals surface area contributed by atoms with Gasteiger partial charge in [0, 0.05) is 68.7 Å². The minimum atomic E-state index is -0.145. The van der Waals surface area contributed by atoms with Gasteiger partial charge in [0.15, 0.2) is 5.13 Å². The van der Waals surface area contributed by atoms with Crippen molar-refractivity contribution in [1.29, 1.82) is 0 Å². The SMILES string of the molecule is CC(=O)Nc1nc2c(s1)-c1c(c(-c3cccnc3)nn1-c1ccc(C(=O)N3CCN(Cc4ccccc4)CC3)cc1)CC2. The van der Waals surface area contributed by atoms with E-state index in [9.17, 15) is 9.59 Å². The van der Waals surface area contributed by atoms with E-state index in [1.165, 1.54) is 23.8 Å². The van der Waals surface area contributed by atoms with E-state index < -0.39 is 0 Å². The van der Waals surface area contributed by atoms with Gasteiger partial charge in [-0.15, -0.1) is 0 Å². The molecule has 2 aromatic carbocycles. The number of aryl methyl sites for hydroxylation is 1. The van der Waals surface area contributed by atoms with Crippen molar-refractivity contribution < 1.29 is 9.59 Å². The predicted molar refractivity (Wildman–Crippen MR) is 167 cm³/mol. The van der Waals surface area contributed by atoms with Crippen molar-refractivity contribution in [3.63, 3.8) is 0 Å². The number of rotatable bonds is 6. The van der Waals surface area contributed by atoms with Crippen molar-refractivity contribution in [2.45, 2.75) is 26.3 Å². The van der Waals surface area contributed by atoms with E-state index >= 15 is 0 Å². The first-order valence-corrected chi connectivity index (χ1v) is 15.3. The largest absolute Gasteiger partial charge is 0.336 e. The molecular weight excluding hydrogens is 558 g/mol. The Morgan fingerprint density at radius 1 is 0.930 bits per heavy atom. The Labute approximate surface area is 253 Å². The van der Waals surface area contributed by atoms with Crippen molar-refractivity contribution in [2.24, 2.45) is 0 Å². The summed E-state index contributed by atoms with van der Waals surface area (Å²) in [7, 11) is 0. The third-order valence-corrected chi connectivity index (χ3v) is 9.01. The average molecular weight is 590 g/mol. The third-order valence-electron chi connectivity index (χ3n) is 7.99. The van der Waals surface area contributed by atoms with Crippen molar-refractivity contribution in [3.8, 4) is 27.5 Å². The van der Waals surface area contributed by atoms with E-state index in [1.807, 2.05) is 58.2 Å². The molecule has 4 heterocycles. The van der Waals surface area contributed by atoms with E-state index in [1.54, 1.807) is 6.20 Å². The van der Waals surface area contributed by atoms with Crippen LogP contribution in [0.2, 0.25) is 0 Å². The number of benzene rings is 2. The molecule has 1 aliphatic heterocycles. The molecule has 2 aliphatic rings. The quantitative estimate of drug-likeness (QED) is 0.297. The summed E-state index contributed by atoms with van der Waals surface area (Å²) in [6.07, 6.45) is 5.14. The molecule has 0 unspecified atom stereocenters. The zero-order valence-electron chi connectivity index (χ0n) is 23.9. The maximum absolute atomic E-state index is 13.4. The van der Waals surface area contributed by atoms with Crippen LogP contribution in [-0.4, -0.2) is 67.5 Å². The molecule has 9 nitrogen and oxygen atoms in total. The molecule has 2 amide bonds. The highest BCUT2D eigenvalue weighted by molar-refractivity contribution is 7.19. The van der Waals surface area contributed by atoms with Crippen LogP contribution < -0.4 is 5.32 Å². The first-order chi connectivity index (χ1) is 21.0. The number of aromatic nitrogens is 4. The Morgan fingerprint density at radius 3 is 2.44 bits per heavy atom. The predicted octanol–water partition coefficient (Wildman–Crippen LogP) is 5.07. The topological polar surface area (TPSA) is 96.2 Å². The van der Waals surface area contributed by atoms with E-state index in [0.29, 0.717) is 23.8 Å². The monoisotopic (exact) mass is 589 g/mol. The molecule has 7 rings (SSSR count). The molecule has 10 heteroatoms. The molecule has 0 spiro atoms. The molecule has 0 atom stereocenters. The number of anilines is 1. The van der Waals surface area contributed by atoms with Gasteiger partial charge in [-0.05, 0) is 54.8 Å². The Bertz CT molecular complexity index is 1770. The van der Waals surface area contributed by atoms with E-state index in [0.717, 1.165) is 71.2 Å². The van der Waals surface area contributed by atoms with Gasteiger partial charge < -0.3 is 10.2 Å². The van der Waals surface area contributed by atoms with Crippen molar-refractivity contribution in [2.75, 3.05) is 31.5 Å². The van der Waals surface area contributed by atoms with Crippen LogP contribution in [-0.2, 0) is 24.2 Å². The molecule has 216 valence electrons. The number of piperazine rings is 1. The second-order valence-electron chi connectivity index (χ2n) is 10.9. The molecule has 1 aliphatic carbocycles. The fraction of sp³-hybridized carbons (Fsp3) is 0.242. The summed E-state index contributed by atoms with van der Waals surface area (Å²) in [5, 5.41) is 8.50. The number of nitrogens with one attached hydrogen (secondary N) is 1. The number of amides is 2. The van der Waals surface area contributed by atoms with Crippen LogP contribution in [0, 0.1) is 0 Å². The highest BCUT2D eigenvalue weighted by atomic mass is 32.1. The van der Waals surface area contributed by atoms with Crippen LogP contribution in [0.5, 0.6) is 0 Å². The minimum Gasteiger partial charge on any atom is -0.336 e. The zero-order chi connectivity index (χ0) is 29.3. The van der Waals surface area contributed by atoms with Gasteiger partial charge in [0.05, 0.1) is 27.6 Å². The molecule has 1 fully saturated rings. The Kier molecular flexibility index (Phi) is 7.30. The second-order valence-corrected chi connectivity index (χ2v) is 11.9. The maximum atomic E-state index is 13.4. The second kappa shape index (κ2) is 11.5. The number of hydrogen-bond donors (Lipinski definition) is 1. The Hall–Kier alpha value is -4.67. The summed E-state index contributed by atoms with van der Waals surface area (Å²) >= 11 is 1.47. The normalized spacial score (nSPS) is 14.7. The first-order valence-electron chi connectivity index (χ1n) is 14.5. The summed E-state index contributed by atoms with van der Waals surface area (Å²) in [6.45, 7) is 5.52. The smallest absolute Gasteiger partial charge is 0.253 e. The van der Waals surface area contributed by atoms with Crippen molar-refractivity contribution >= 4 is 28.3 Å². The molecule has 0 radical (unpaired) electrons. The van der Waals surface area contributed by atoms with Crippen molar-refractivity contribution in [3.05, 3.63) is 102 Å². The van der Waals surface area contributed by atoms with Gasteiger partial charge in [-0.25, -0.2) is 9.67 Å². The van der Waals surface area contributed by atoms with Gasteiger partial charge in [0.2, 0.25) is 5.91 Å². The standard InChI is InChI=1S/C33H31N7O2S/c1-22(41)35-33-36-28-14-13-27-29(25-8-5-15-34-20-25)37-40(30(27)31(28)43-33)26-11-9-24(10-12-26)32(42)39-18-16-38(17-19-39)21-23-6-3-2-4-7-23/h2-12,15,20H,13-14,16-19,21H2,1H3,(H,35,36,41). The van der Waals surface area contributed by atoms with Crippen LogP contribution in [0.3, 0.4) is 0 Å². The number of fused-ring (bicyclic) bond motifs is 3. The van der Waals surface area contributed by atoms with Crippen LogP contribution in [0.1, 0.15) is 34.1 Å². The highest BCUT2D eigenvalue weighted by Gasteiger charge is 2.30. The molecule has 1 N–H and O–H groups in total. The lowest BCUT2D eigenvalue weighted by molar-refractivity contribution is -0.114. The molecule has 3 aromatic heterocycles. The van der Waals surface area contributed by atoms with Gasteiger partial charge in [0.1, 0.15) is 0 Å². The first kappa shape index (κ1) is 27.2. The summed E-state index contributed by atoms with van der Waals surface area (Å²) in [6, 6.07) is 22.1. The van der Waals surface area contributed by atoms with Gasteiger partial charge >= 0.3 is 0 Å². The van der Waals surface area contributed by atoms with Crippen LogP contribution >= 0.6 is 11.3 Å². The lowest BCUT2D eigenvalue weighted by Crippen LogP contribution is -2.48. The fourth-order valence-electron chi connectivity index (χ4n) is 5.87.